The minimum absolute atomic E-state index is 0.0556. The molecule has 6 rings (SSSR count). The number of fused-ring (bicyclic) bond motifs is 1. The number of ketones is 1. The van der Waals surface area contributed by atoms with Gasteiger partial charge in [-0.15, -0.1) is 0 Å². The molecule has 2 aromatic carbocycles. The summed E-state index contributed by atoms with van der Waals surface area (Å²) < 4.78 is 5.41. The first-order valence-electron chi connectivity index (χ1n) is 15.1. The molecule has 0 atom stereocenters. The fourth-order valence-corrected chi connectivity index (χ4v) is 6.22. The maximum Gasteiger partial charge on any atom is 0.410 e. The summed E-state index contributed by atoms with van der Waals surface area (Å²) in [5.41, 5.74) is 9.17. The number of amides is 1. The van der Waals surface area contributed by atoms with Gasteiger partial charge in [0.2, 0.25) is 0 Å². The van der Waals surface area contributed by atoms with Gasteiger partial charge >= 0.3 is 6.09 Å². The molecular formula is C35H41N5O3. The van der Waals surface area contributed by atoms with Crippen LogP contribution in [0.5, 0.6) is 0 Å². The average molecular weight is 580 g/mol. The number of aromatic nitrogens is 2. The van der Waals surface area contributed by atoms with Gasteiger partial charge in [0.15, 0.2) is 5.78 Å². The van der Waals surface area contributed by atoms with E-state index in [0.717, 1.165) is 59.5 Å². The Kier molecular flexibility index (Phi) is 7.50. The topological polar surface area (TPSA) is 81.8 Å². The zero-order valence-corrected chi connectivity index (χ0v) is 26.0. The average Bonchev–Trinajstić information content (AvgIpc) is 3.35. The van der Waals surface area contributed by atoms with Crippen molar-refractivity contribution in [3.05, 3.63) is 71.5 Å². The molecule has 2 aromatic heterocycles. The Morgan fingerprint density at radius 1 is 0.907 bits per heavy atom. The molecule has 1 amide bonds. The first kappa shape index (κ1) is 28.9. The van der Waals surface area contributed by atoms with Gasteiger partial charge in [-0.25, -0.2) is 9.78 Å². The molecule has 0 radical (unpaired) electrons. The van der Waals surface area contributed by atoms with Crippen LogP contribution in [0.4, 0.5) is 10.5 Å². The molecule has 2 aliphatic rings. The van der Waals surface area contributed by atoms with Crippen LogP contribution in [-0.4, -0.2) is 83.6 Å². The lowest BCUT2D eigenvalue weighted by molar-refractivity contribution is 0.00148. The molecule has 1 N–H and O–H groups in total. The van der Waals surface area contributed by atoms with E-state index in [1.807, 2.05) is 57.4 Å². The molecule has 0 saturated carbocycles. The summed E-state index contributed by atoms with van der Waals surface area (Å²) in [6, 6.07) is 14.5. The minimum Gasteiger partial charge on any atom is -0.444 e. The Labute approximate surface area is 253 Å². The molecule has 0 aliphatic carbocycles. The van der Waals surface area contributed by atoms with Crippen LogP contribution in [0.15, 0.2) is 54.9 Å². The molecule has 4 aromatic rings. The number of nitrogens with zero attached hydrogens (tertiary/aromatic N) is 4. The number of pyridine rings is 1. The molecule has 2 fully saturated rings. The van der Waals surface area contributed by atoms with E-state index < -0.39 is 5.60 Å². The smallest absolute Gasteiger partial charge is 0.410 e. The summed E-state index contributed by atoms with van der Waals surface area (Å²) >= 11 is 0. The lowest BCUT2D eigenvalue weighted by Gasteiger charge is -2.38. The second-order valence-electron chi connectivity index (χ2n) is 13.1. The van der Waals surface area contributed by atoms with Gasteiger partial charge in [0, 0.05) is 79.4 Å². The summed E-state index contributed by atoms with van der Waals surface area (Å²) in [4.78, 5) is 39.9. The van der Waals surface area contributed by atoms with Gasteiger partial charge in [0.1, 0.15) is 11.2 Å². The molecular weight excluding hydrogens is 538 g/mol. The molecule has 43 heavy (non-hydrogen) atoms. The molecule has 8 nitrogen and oxygen atoms in total. The Morgan fingerprint density at radius 3 is 2.19 bits per heavy atom. The zero-order chi connectivity index (χ0) is 30.5. The Morgan fingerprint density at radius 2 is 1.56 bits per heavy atom. The maximum absolute atomic E-state index is 13.1. The van der Waals surface area contributed by atoms with Crippen LogP contribution in [0.3, 0.4) is 0 Å². The predicted octanol–water partition coefficient (Wildman–Crippen LogP) is 6.32. The number of carbonyl (C=O) groups is 2. The minimum atomic E-state index is -0.548. The highest BCUT2D eigenvalue weighted by molar-refractivity contribution is 6.01. The van der Waals surface area contributed by atoms with Gasteiger partial charge in [-0.05, 0) is 82.1 Å². The van der Waals surface area contributed by atoms with Crippen molar-refractivity contribution in [3.8, 4) is 22.3 Å². The number of ether oxygens (including phenoxy) is 1. The monoisotopic (exact) mass is 579 g/mol. The van der Waals surface area contributed by atoms with Crippen LogP contribution < -0.4 is 4.90 Å². The van der Waals surface area contributed by atoms with Crippen LogP contribution in [0.2, 0.25) is 0 Å². The highest BCUT2D eigenvalue weighted by atomic mass is 16.6. The predicted molar refractivity (Wildman–Crippen MR) is 172 cm³/mol. The van der Waals surface area contributed by atoms with Crippen LogP contribution >= 0.6 is 0 Å². The van der Waals surface area contributed by atoms with Crippen molar-refractivity contribution in [1.82, 2.24) is 19.8 Å². The summed E-state index contributed by atoms with van der Waals surface area (Å²) in [6.45, 7) is 15.0. The molecule has 0 bridgehead atoms. The fourth-order valence-electron chi connectivity index (χ4n) is 6.22. The third-order valence-electron chi connectivity index (χ3n) is 8.56. The molecule has 2 saturated heterocycles. The summed E-state index contributed by atoms with van der Waals surface area (Å²) in [5, 5.41) is 1.04. The molecule has 224 valence electrons. The lowest BCUT2D eigenvalue weighted by atomic mass is 9.90. The summed E-state index contributed by atoms with van der Waals surface area (Å²) in [7, 11) is 2.18. The second kappa shape index (κ2) is 11.2. The number of hydrogen-bond donors (Lipinski definition) is 1. The van der Waals surface area contributed by atoms with Crippen molar-refractivity contribution in [1.29, 1.82) is 0 Å². The number of likely N-dealkylation sites (tertiary alicyclic amines) is 1. The van der Waals surface area contributed by atoms with Crippen molar-refractivity contribution < 1.29 is 14.3 Å². The van der Waals surface area contributed by atoms with Crippen LogP contribution in [0, 0.1) is 19.8 Å². The number of aromatic amines is 1. The highest BCUT2D eigenvalue weighted by Crippen LogP contribution is 2.35. The summed E-state index contributed by atoms with van der Waals surface area (Å²) in [6.07, 6.45) is 3.55. The van der Waals surface area contributed by atoms with Gasteiger partial charge in [-0.3, -0.25) is 4.79 Å². The first-order chi connectivity index (χ1) is 20.5. The zero-order valence-electron chi connectivity index (χ0n) is 26.0. The van der Waals surface area contributed by atoms with Crippen molar-refractivity contribution in [2.75, 3.05) is 51.2 Å². The van der Waals surface area contributed by atoms with E-state index >= 15 is 0 Å². The van der Waals surface area contributed by atoms with Gasteiger partial charge in [-0.2, -0.15) is 0 Å². The van der Waals surface area contributed by atoms with E-state index in [4.69, 9.17) is 9.72 Å². The van der Waals surface area contributed by atoms with E-state index in [0.29, 0.717) is 18.7 Å². The second-order valence-corrected chi connectivity index (χ2v) is 13.1. The largest absolute Gasteiger partial charge is 0.444 e. The van der Waals surface area contributed by atoms with Crippen molar-refractivity contribution in [2.24, 2.45) is 5.92 Å². The summed E-state index contributed by atoms with van der Waals surface area (Å²) in [5.74, 6) is -0.146. The van der Waals surface area contributed by atoms with Gasteiger partial charge in [0.05, 0.1) is 5.92 Å². The van der Waals surface area contributed by atoms with Gasteiger partial charge in [0.25, 0.3) is 0 Å². The number of H-pyrrole nitrogens is 1. The fraction of sp³-hybridized carbons (Fsp3) is 0.400. The number of rotatable bonds is 5. The number of Topliss-reactive ketones (excluding diaryl/α,β-unsaturated/α-hetero) is 1. The number of carbonyl (C=O) groups excluding carboxylic acids is 2. The van der Waals surface area contributed by atoms with Crippen molar-refractivity contribution in [3.63, 3.8) is 0 Å². The van der Waals surface area contributed by atoms with E-state index in [9.17, 15) is 9.59 Å². The highest BCUT2D eigenvalue weighted by Gasteiger charge is 2.38. The van der Waals surface area contributed by atoms with E-state index in [1.54, 1.807) is 4.90 Å². The number of piperazine rings is 1. The Hall–Kier alpha value is -4.17. The molecule has 2 aliphatic heterocycles. The number of benzene rings is 2. The van der Waals surface area contributed by atoms with E-state index in [2.05, 4.69) is 53.9 Å². The number of likely N-dealkylation sites (N-methyl/N-ethyl adjacent to an activating group) is 1. The number of aryl methyl sites for hydroxylation is 2. The third kappa shape index (κ3) is 5.89. The van der Waals surface area contributed by atoms with Crippen molar-refractivity contribution >= 4 is 28.6 Å². The Balaban J connectivity index is 1.19. The standard InChI is InChI=1S/C35H41N5O3/c1-22-15-26(16-23(2)31(22)39-13-11-38(6)12-14-39)27-17-29-30(19-37-33(29)36-18-27)24-7-9-25(10-8-24)32(41)28-20-40(21-28)34(42)43-35(3,4)5/h7-10,15-19,28H,11-14,20-21H2,1-6H3,(H,36,37). The van der Waals surface area contributed by atoms with Gasteiger partial charge < -0.3 is 24.4 Å². The van der Waals surface area contributed by atoms with E-state index in [1.165, 1.54) is 16.8 Å². The Bertz CT molecular complexity index is 1650. The number of hydrogen-bond acceptors (Lipinski definition) is 6. The molecule has 8 heteroatoms. The quantitative estimate of drug-likeness (QED) is 0.279. The molecule has 0 spiro atoms. The van der Waals surface area contributed by atoms with Crippen LogP contribution in [0.1, 0.15) is 42.3 Å². The normalized spacial score (nSPS) is 16.4. The van der Waals surface area contributed by atoms with Crippen LogP contribution in [-0.2, 0) is 4.74 Å². The van der Waals surface area contributed by atoms with Gasteiger partial charge in [-0.1, -0.05) is 24.3 Å². The number of nitrogens with one attached hydrogen (secondary N) is 1. The lowest BCUT2D eigenvalue weighted by Crippen LogP contribution is -2.54. The molecule has 4 heterocycles. The van der Waals surface area contributed by atoms with E-state index in [-0.39, 0.29) is 17.8 Å². The van der Waals surface area contributed by atoms with Crippen LogP contribution in [0.25, 0.3) is 33.3 Å². The SMILES string of the molecule is Cc1cc(-c2cnc3[nH]cc(-c4ccc(C(=O)C5CN(C(=O)OC(C)(C)C)C5)cc4)c3c2)cc(C)c1N1CCN(C)CC1. The first-order valence-corrected chi connectivity index (χ1v) is 15.1. The maximum atomic E-state index is 13.1. The third-order valence-corrected chi connectivity index (χ3v) is 8.56. The van der Waals surface area contributed by atoms with Crippen molar-refractivity contribution in [2.45, 2.75) is 40.2 Å². The number of anilines is 1. The molecule has 0 unspecified atom stereocenters.